The van der Waals surface area contributed by atoms with Gasteiger partial charge in [-0.15, -0.1) is 5.10 Å². The molecule has 2 aromatic heterocycles. The van der Waals surface area contributed by atoms with E-state index in [2.05, 4.69) is 44.0 Å². The van der Waals surface area contributed by atoms with Gasteiger partial charge in [0.1, 0.15) is 0 Å². The maximum Gasteiger partial charge on any atom is 0.253 e. The molecule has 11 heteroatoms. The highest BCUT2D eigenvalue weighted by Crippen LogP contribution is 2.39. The highest BCUT2D eigenvalue weighted by Gasteiger charge is 2.32. The first-order valence-electron chi connectivity index (χ1n) is 14.3. The second kappa shape index (κ2) is 13.9. The molecule has 1 saturated heterocycles. The molecule has 10 nitrogen and oxygen atoms in total. The molecule has 1 amide bonds. The number of aryl methyl sites for hydroxylation is 1. The van der Waals surface area contributed by atoms with Gasteiger partial charge < -0.3 is 19.9 Å². The van der Waals surface area contributed by atoms with Crippen molar-refractivity contribution in [2.75, 3.05) is 5.75 Å². The zero-order chi connectivity index (χ0) is 30.3. The molecule has 0 saturated carbocycles. The van der Waals surface area contributed by atoms with Crippen LogP contribution in [-0.4, -0.2) is 48.1 Å². The van der Waals surface area contributed by atoms with Crippen molar-refractivity contribution in [3.05, 3.63) is 125 Å². The predicted molar refractivity (Wildman–Crippen MR) is 165 cm³/mol. The highest BCUT2D eigenvalue weighted by molar-refractivity contribution is 7.99. The summed E-state index contributed by atoms with van der Waals surface area (Å²) < 4.78 is 14.6. The average Bonchev–Trinajstić information content (AvgIpc) is 3.51. The van der Waals surface area contributed by atoms with Crippen LogP contribution in [0.15, 0.2) is 102 Å². The number of hydrogen-bond acceptors (Lipinski definition) is 9. The lowest BCUT2D eigenvalue weighted by Crippen LogP contribution is -2.31. The Labute approximate surface area is 259 Å². The van der Waals surface area contributed by atoms with E-state index in [0.717, 1.165) is 38.5 Å². The van der Waals surface area contributed by atoms with Crippen molar-refractivity contribution in [1.82, 2.24) is 30.5 Å². The fraction of sp³-hybridized carbons (Fsp3) is 0.242. The number of benzene rings is 3. The normalized spacial score (nSPS) is 18.2. The van der Waals surface area contributed by atoms with E-state index in [-0.39, 0.29) is 24.7 Å². The number of hydrogen-bond donors (Lipinski definition) is 2. The number of aliphatic hydroxyl groups excluding tert-OH is 1. The number of pyridine rings is 1. The molecule has 0 unspecified atom stereocenters. The minimum absolute atomic E-state index is 0.00506. The summed E-state index contributed by atoms with van der Waals surface area (Å²) in [6.07, 6.45) is 3.00. The highest BCUT2D eigenvalue weighted by atomic mass is 32.2. The summed E-state index contributed by atoms with van der Waals surface area (Å²) in [5.41, 5.74) is 6.37. The molecule has 2 N–H and O–H groups in total. The average molecular weight is 609 g/mol. The molecule has 44 heavy (non-hydrogen) atoms. The third-order valence-electron chi connectivity index (χ3n) is 7.47. The van der Waals surface area contributed by atoms with Crippen LogP contribution in [0.2, 0.25) is 0 Å². The third kappa shape index (κ3) is 7.03. The van der Waals surface area contributed by atoms with Gasteiger partial charge in [0.25, 0.3) is 5.91 Å². The van der Waals surface area contributed by atoms with Crippen LogP contribution >= 0.6 is 11.8 Å². The first-order chi connectivity index (χ1) is 21.6. The molecule has 1 aliphatic rings. The molecular formula is C33H32N6O4S. The maximum absolute atomic E-state index is 12.6. The quantitative estimate of drug-likeness (QED) is 0.210. The number of aliphatic hydroxyl groups is 1. The van der Waals surface area contributed by atoms with Gasteiger partial charge in [-0.25, -0.2) is 4.68 Å². The monoisotopic (exact) mass is 608 g/mol. The summed E-state index contributed by atoms with van der Waals surface area (Å²) in [7, 11) is 1.82. The van der Waals surface area contributed by atoms with E-state index in [9.17, 15) is 9.90 Å². The molecule has 0 bridgehead atoms. The van der Waals surface area contributed by atoms with Crippen molar-refractivity contribution >= 4 is 17.7 Å². The molecule has 3 heterocycles. The number of carbonyl (C=O) groups is 1. The van der Waals surface area contributed by atoms with Crippen LogP contribution in [0, 0.1) is 0 Å². The molecule has 3 aromatic carbocycles. The Balaban J connectivity index is 1.19. The van der Waals surface area contributed by atoms with Gasteiger partial charge in [-0.2, -0.15) is 0 Å². The number of carbonyl (C=O) groups excluding carboxylic acids is 1. The summed E-state index contributed by atoms with van der Waals surface area (Å²) in [5, 5.41) is 24.9. The van der Waals surface area contributed by atoms with E-state index in [1.807, 2.05) is 61.6 Å². The topological polar surface area (TPSA) is 124 Å². The lowest BCUT2D eigenvalue weighted by atomic mass is 9.97. The van der Waals surface area contributed by atoms with Crippen LogP contribution in [0.25, 0.3) is 11.1 Å². The first kappa shape index (κ1) is 29.6. The second-order valence-corrected chi connectivity index (χ2v) is 11.4. The number of tetrazole rings is 1. The van der Waals surface area contributed by atoms with Gasteiger partial charge in [0, 0.05) is 43.7 Å². The first-order valence-corrected chi connectivity index (χ1v) is 15.3. The van der Waals surface area contributed by atoms with Gasteiger partial charge >= 0.3 is 0 Å². The van der Waals surface area contributed by atoms with Crippen LogP contribution in [-0.2, 0) is 29.7 Å². The largest absolute Gasteiger partial charge is 0.392 e. The van der Waals surface area contributed by atoms with Crippen LogP contribution in [0.4, 0.5) is 0 Å². The Kier molecular flexibility index (Phi) is 9.37. The fourth-order valence-electron chi connectivity index (χ4n) is 5.08. The van der Waals surface area contributed by atoms with E-state index in [1.165, 1.54) is 0 Å². The number of aromatic nitrogens is 5. The Morgan fingerprint density at radius 2 is 1.80 bits per heavy atom. The van der Waals surface area contributed by atoms with Crippen LogP contribution in [0.1, 0.15) is 51.4 Å². The number of amides is 1. The van der Waals surface area contributed by atoms with E-state index in [0.29, 0.717) is 24.3 Å². The minimum Gasteiger partial charge on any atom is -0.392 e. The van der Waals surface area contributed by atoms with E-state index in [4.69, 9.17) is 9.47 Å². The van der Waals surface area contributed by atoms with Gasteiger partial charge in [-0.1, -0.05) is 84.6 Å². The second-order valence-electron chi connectivity index (χ2n) is 10.4. The van der Waals surface area contributed by atoms with Crippen LogP contribution < -0.4 is 5.32 Å². The van der Waals surface area contributed by atoms with Gasteiger partial charge in [0.2, 0.25) is 5.16 Å². The molecule has 224 valence electrons. The summed E-state index contributed by atoms with van der Waals surface area (Å²) >= 11 is 1.55. The standard InChI is InChI=1S/C33H32N6O4S/c1-39-33(36-37-38-39)44-21-28-17-30(24-10-8-22(20-40)9-11-24)43-32(42-28)25-14-12-23(13-15-25)29-7-3-2-5-26(29)19-35-31(41)27-6-4-16-34-18-27/h2-16,18,28,30,32,40H,17,19-21H2,1H3,(H,35,41)/t28-,30+,32+/m1/s1. The lowest BCUT2D eigenvalue weighted by molar-refractivity contribution is -0.245. The number of nitrogens with zero attached hydrogens (tertiary/aromatic N) is 5. The zero-order valence-corrected chi connectivity index (χ0v) is 24.9. The maximum atomic E-state index is 12.6. The summed E-state index contributed by atoms with van der Waals surface area (Å²) in [6.45, 7) is 0.381. The Bertz CT molecular complexity index is 1680. The molecule has 1 fully saturated rings. The van der Waals surface area contributed by atoms with Crippen molar-refractivity contribution in [3.63, 3.8) is 0 Å². The Hall–Kier alpha value is -4.42. The molecule has 0 spiro atoms. The third-order valence-corrected chi connectivity index (χ3v) is 8.61. The summed E-state index contributed by atoms with van der Waals surface area (Å²) in [6, 6.07) is 27.5. The Morgan fingerprint density at radius 1 is 1.00 bits per heavy atom. The summed E-state index contributed by atoms with van der Waals surface area (Å²) in [5.74, 6) is 0.494. The molecule has 5 aromatic rings. The van der Waals surface area contributed by atoms with Gasteiger partial charge in [-0.3, -0.25) is 9.78 Å². The number of rotatable bonds is 10. The fourth-order valence-corrected chi connectivity index (χ4v) is 5.95. The van der Waals surface area contributed by atoms with Crippen molar-refractivity contribution in [1.29, 1.82) is 0 Å². The van der Waals surface area contributed by atoms with Gasteiger partial charge in [-0.05, 0) is 50.4 Å². The van der Waals surface area contributed by atoms with Gasteiger partial charge in [0.05, 0.1) is 24.4 Å². The molecule has 0 radical (unpaired) electrons. The molecule has 0 aliphatic carbocycles. The van der Waals surface area contributed by atoms with Gasteiger partial charge in [0.15, 0.2) is 6.29 Å². The van der Waals surface area contributed by atoms with Crippen molar-refractivity contribution in [3.8, 4) is 11.1 Å². The molecule has 3 atom stereocenters. The number of thioether (sulfide) groups is 1. The van der Waals surface area contributed by atoms with Crippen molar-refractivity contribution in [2.24, 2.45) is 7.05 Å². The molecular weight excluding hydrogens is 576 g/mol. The number of ether oxygens (including phenoxy) is 2. The van der Waals surface area contributed by atoms with Crippen LogP contribution in [0.3, 0.4) is 0 Å². The zero-order valence-electron chi connectivity index (χ0n) is 24.1. The number of nitrogens with one attached hydrogen (secondary N) is 1. The van der Waals surface area contributed by atoms with E-state index >= 15 is 0 Å². The van der Waals surface area contributed by atoms with Crippen LogP contribution in [0.5, 0.6) is 0 Å². The Morgan fingerprint density at radius 3 is 2.52 bits per heavy atom. The summed E-state index contributed by atoms with van der Waals surface area (Å²) in [4.78, 5) is 16.6. The SMILES string of the molecule is Cn1nnnc1SC[C@H]1C[C@@H](c2ccc(CO)cc2)O[C@@H](c2ccc(-c3ccccc3CNC(=O)c3cccnc3)cc2)O1. The minimum atomic E-state index is -0.572. The lowest BCUT2D eigenvalue weighted by Gasteiger charge is -2.36. The smallest absolute Gasteiger partial charge is 0.253 e. The van der Waals surface area contributed by atoms with E-state index in [1.54, 1.807) is 41.0 Å². The molecule has 6 rings (SSSR count). The molecule has 1 aliphatic heterocycles. The van der Waals surface area contributed by atoms with E-state index < -0.39 is 6.29 Å². The predicted octanol–water partition coefficient (Wildman–Crippen LogP) is 5.03. The van der Waals surface area contributed by atoms with Crippen molar-refractivity contribution in [2.45, 2.75) is 43.2 Å². The van der Waals surface area contributed by atoms with Crippen molar-refractivity contribution < 1.29 is 19.4 Å².